The summed E-state index contributed by atoms with van der Waals surface area (Å²) >= 11 is 3.70. The van der Waals surface area contributed by atoms with E-state index in [-0.39, 0.29) is 0 Å². The molecule has 0 N–H and O–H groups in total. The van der Waals surface area contributed by atoms with Gasteiger partial charge >= 0.3 is 0 Å². The summed E-state index contributed by atoms with van der Waals surface area (Å²) in [5, 5.41) is 0. The molecule has 0 bridgehead atoms. The molecule has 2 nitrogen and oxygen atoms in total. The predicted octanol–water partition coefficient (Wildman–Crippen LogP) is 2.41. The standard InChI is InChI=1S/C11H20BrNO/c1-14-11-4-2-3-10(11)13-7-5-9(12)6-8-13/h9-11H,2-8H2,1H3. The highest BCUT2D eigenvalue weighted by molar-refractivity contribution is 9.09. The number of alkyl halides is 1. The number of rotatable bonds is 2. The number of nitrogens with zero attached hydrogens (tertiary/aromatic N) is 1. The Labute approximate surface area is 95.1 Å². The van der Waals surface area contributed by atoms with Gasteiger partial charge in [0.15, 0.2) is 0 Å². The Bertz CT molecular complexity index is 180. The number of ether oxygens (including phenoxy) is 1. The highest BCUT2D eigenvalue weighted by Crippen LogP contribution is 2.29. The summed E-state index contributed by atoms with van der Waals surface area (Å²) in [7, 11) is 1.86. The number of likely N-dealkylation sites (tertiary alicyclic amines) is 1. The number of halogens is 1. The average molecular weight is 262 g/mol. The molecule has 0 aromatic heterocycles. The Morgan fingerprint density at radius 3 is 2.50 bits per heavy atom. The van der Waals surface area contributed by atoms with Crippen molar-refractivity contribution >= 4 is 15.9 Å². The summed E-state index contributed by atoms with van der Waals surface area (Å²) in [5.74, 6) is 0. The minimum absolute atomic E-state index is 0.502. The van der Waals surface area contributed by atoms with Crippen LogP contribution in [0.5, 0.6) is 0 Å². The number of hydrogen-bond acceptors (Lipinski definition) is 2. The molecule has 82 valence electrons. The van der Waals surface area contributed by atoms with E-state index in [1.807, 2.05) is 7.11 Å². The van der Waals surface area contributed by atoms with Gasteiger partial charge in [-0.3, -0.25) is 4.90 Å². The Hall–Kier alpha value is 0.400. The summed E-state index contributed by atoms with van der Waals surface area (Å²) in [4.78, 5) is 3.39. The molecule has 0 aromatic rings. The van der Waals surface area contributed by atoms with Gasteiger partial charge in [0.25, 0.3) is 0 Å². The van der Waals surface area contributed by atoms with Crippen LogP contribution in [0.25, 0.3) is 0 Å². The first-order valence-electron chi connectivity index (χ1n) is 5.72. The van der Waals surface area contributed by atoms with Gasteiger partial charge in [0.05, 0.1) is 6.10 Å². The zero-order chi connectivity index (χ0) is 9.97. The van der Waals surface area contributed by atoms with Crippen LogP contribution >= 0.6 is 15.9 Å². The van der Waals surface area contributed by atoms with Gasteiger partial charge in [0, 0.05) is 18.0 Å². The van der Waals surface area contributed by atoms with Crippen LogP contribution in [0.15, 0.2) is 0 Å². The van der Waals surface area contributed by atoms with E-state index in [0.29, 0.717) is 12.1 Å². The molecular weight excluding hydrogens is 242 g/mol. The normalized spacial score (nSPS) is 36.4. The zero-order valence-corrected chi connectivity index (χ0v) is 10.5. The Kier molecular flexibility index (Phi) is 3.86. The monoisotopic (exact) mass is 261 g/mol. The topological polar surface area (TPSA) is 12.5 Å². The Balaban J connectivity index is 1.88. The summed E-state index contributed by atoms with van der Waals surface area (Å²) in [6.07, 6.45) is 7.04. The molecule has 2 aliphatic rings. The van der Waals surface area contributed by atoms with Crippen LogP contribution in [0.1, 0.15) is 32.1 Å². The molecule has 1 heterocycles. The molecule has 0 spiro atoms. The van der Waals surface area contributed by atoms with Gasteiger partial charge in [-0.25, -0.2) is 0 Å². The fourth-order valence-electron chi connectivity index (χ4n) is 2.80. The van der Waals surface area contributed by atoms with E-state index in [2.05, 4.69) is 20.8 Å². The molecule has 2 rings (SSSR count). The molecule has 0 aromatic carbocycles. The lowest BCUT2D eigenvalue weighted by molar-refractivity contribution is 0.0262. The minimum Gasteiger partial charge on any atom is -0.380 e. The SMILES string of the molecule is COC1CCCC1N1CCC(Br)CC1. The van der Waals surface area contributed by atoms with Crippen LogP contribution in [-0.2, 0) is 4.74 Å². The van der Waals surface area contributed by atoms with E-state index in [9.17, 15) is 0 Å². The lowest BCUT2D eigenvalue weighted by Gasteiger charge is -2.36. The maximum atomic E-state index is 5.55. The number of methoxy groups -OCH3 is 1. The van der Waals surface area contributed by atoms with Crippen molar-refractivity contribution < 1.29 is 4.74 Å². The average Bonchev–Trinajstić information content (AvgIpc) is 2.67. The van der Waals surface area contributed by atoms with Crippen LogP contribution in [0, 0.1) is 0 Å². The Morgan fingerprint density at radius 2 is 1.86 bits per heavy atom. The third kappa shape index (κ3) is 2.31. The van der Waals surface area contributed by atoms with Gasteiger partial charge in [-0.05, 0) is 45.2 Å². The van der Waals surface area contributed by atoms with Crippen LogP contribution in [0.4, 0.5) is 0 Å². The van der Waals surface area contributed by atoms with Crippen molar-refractivity contribution in [1.29, 1.82) is 0 Å². The van der Waals surface area contributed by atoms with E-state index in [1.165, 1.54) is 45.2 Å². The summed E-state index contributed by atoms with van der Waals surface area (Å²) in [6.45, 7) is 2.50. The minimum atomic E-state index is 0.502. The van der Waals surface area contributed by atoms with E-state index in [0.717, 1.165) is 4.83 Å². The van der Waals surface area contributed by atoms with Crippen molar-refractivity contribution in [3.63, 3.8) is 0 Å². The maximum Gasteiger partial charge on any atom is 0.0726 e. The molecule has 3 heteroatoms. The van der Waals surface area contributed by atoms with Crippen LogP contribution in [0.3, 0.4) is 0 Å². The van der Waals surface area contributed by atoms with Gasteiger partial charge in [-0.2, -0.15) is 0 Å². The largest absolute Gasteiger partial charge is 0.380 e. The second-order valence-corrected chi connectivity index (χ2v) is 5.78. The Morgan fingerprint density at radius 1 is 1.14 bits per heavy atom. The van der Waals surface area contributed by atoms with Crippen molar-refractivity contribution in [1.82, 2.24) is 4.90 Å². The molecule has 1 aliphatic heterocycles. The molecule has 2 atom stereocenters. The van der Waals surface area contributed by atoms with Gasteiger partial charge < -0.3 is 4.74 Å². The quantitative estimate of drug-likeness (QED) is 0.709. The van der Waals surface area contributed by atoms with Crippen LogP contribution in [0.2, 0.25) is 0 Å². The molecule has 1 saturated heterocycles. The third-order valence-electron chi connectivity index (χ3n) is 3.65. The van der Waals surface area contributed by atoms with Crippen molar-refractivity contribution in [2.45, 2.75) is 49.1 Å². The lowest BCUT2D eigenvalue weighted by Crippen LogP contribution is -2.45. The van der Waals surface area contributed by atoms with Gasteiger partial charge in [-0.1, -0.05) is 15.9 Å². The fraction of sp³-hybridized carbons (Fsp3) is 1.00. The maximum absolute atomic E-state index is 5.55. The number of hydrogen-bond donors (Lipinski definition) is 0. The highest BCUT2D eigenvalue weighted by Gasteiger charge is 2.33. The van der Waals surface area contributed by atoms with Gasteiger partial charge in [-0.15, -0.1) is 0 Å². The molecule has 14 heavy (non-hydrogen) atoms. The van der Waals surface area contributed by atoms with Crippen molar-refractivity contribution in [3.05, 3.63) is 0 Å². The lowest BCUT2D eigenvalue weighted by atomic mass is 10.1. The molecule has 1 aliphatic carbocycles. The molecule has 0 radical (unpaired) electrons. The zero-order valence-electron chi connectivity index (χ0n) is 8.92. The van der Waals surface area contributed by atoms with E-state index in [4.69, 9.17) is 4.74 Å². The first-order chi connectivity index (χ1) is 6.81. The molecule has 0 amide bonds. The number of piperidine rings is 1. The van der Waals surface area contributed by atoms with Crippen molar-refractivity contribution in [2.75, 3.05) is 20.2 Å². The summed E-state index contributed by atoms with van der Waals surface area (Å²) in [5.41, 5.74) is 0. The molecule has 2 fully saturated rings. The smallest absolute Gasteiger partial charge is 0.0726 e. The second-order valence-electron chi connectivity index (χ2n) is 4.48. The first kappa shape index (κ1) is 10.9. The van der Waals surface area contributed by atoms with Gasteiger partial charge in [0.2, 0.25) is 0 Å². The summed E-state index contributed by atoms with van der Waals surface area (Å²) in [6, 6.07) is 0.708. The van der Waals surface area contributed by atoms with Crippen molar-refractivity contribution in [3.8, 4) is 0 Å². The van der Waals surface area contributed by atoms with Crippen molar-refractivity contribution in [2.24, 2.45) is 0 Å². The first-order valence-corrected chi connectivity index (χ1v) is 6.63. The third-order valence-corrected chi connectivity index (χ3v) is 4.56. The van der Waals surface area contributed by atoms with E-state index in [1.54, 1.807) is 0 Å². The molecular formula is C11H20BrNO. The summed E-state index contributed by atoms with van der Waals surface area (Å²) < 4.78 is 5.55. The fourth-order valence-corrected chi connectivity index (χ4v) is 3.21. The van der Waals surface area contributed by atoms with Crippen LogP contribution < -0.4 is 0 Å². The molecule has 2 unspecified atom stereocenters. The van der Waals surface area contributed by atoms with Gasteiger partial charge in [0.1, 0.15) is 0 Å². The predicted molar refractivity (Wildman–Crippen MR) is 62.0 cm³/mol. The second kappa shape index (κ2) is 4.95. The van der Waals surface area contributed by atoms with E-state index < -0.39 is 0 Å². The highest BCUT2D eigenvalue weighted by atomic mass is 79.9. The van der Waals surface area contributed by atoms with Crippen LogP contribution in [-0.4, -0.2) is 42.1 Å². The molecule has 1 saturated carbocycles. The van der Waals surface area contributed by atoms with E-state index >= 15 is 0 Å².